The molecular formula is C10H20O3. The molecule has 0 radical (unpaired) electrons. The number of carbonyl (C=O) groups is 1. The minimum absolute atomic E-state index is 0.0114. The maximum Gasteiger partial charge on any atom is 0.332 e. The molecule has 0 atom stereocenters. The van der Waals surface area contributed by atoms with Crippen LogP contribution in [-0.4, -0.2) is 25.8 Å². The Bertz CT molecular complexity index is 144. The van der Waals surface area contributed by atoms with Crippen molar-refractivity contribution >= 4 is 5.97 Å². The lowest BCUT2D eigenvalue weighted by molar-refractivity contribution is -0.158. The van der Waals surface area contributed by atoms with Gasteiger partial charge in [-0.2, -0.15) is 0 Å². The van der Waals surface area contributed by atoms with E-state index in [1.165, 1.54) is 7.11 Å². The van der Waals surface area contributed by atoms with E-state index in [0.717, 1.165) is 0 Å². The molecule has 0 aromatic heterocycles. The molecule has 0 unspecified atom stereocenters. The van der Waals surface area contributed by atoms with E-state index in [9.17, 15) is 4.79 Å². The summed E-state index contributed by atoms with van der Waals surface area (Å²) in [5, 5.41) is 0. The molecule has 0 spiro atoms. The highest BCUT2D eigenvalue weighted by molar-refractivity contribution is 5.70. The van der Waals surface area contributed by atoms with Crippen LogP contribution in [-0.2, 0) is 14.3 Å². The lowest BCUT2D eigenvalue weighted by Gasteiger charge is -2.24. The number of ether oxygens (including phenoxy) is 2. The van der Waals surface area contributed by atoms with E-state index in [1.807, 2.05) is 27.7 Å². The maximum atomic E-state index is 11.1. The Morgan fingerprint density at radius 3 is 1.92 bits per heavy atom. The summed E-state index contributed by atoms with van der Waals surface area (Å²) in [6.07, 6.45) is -0.0114. The van der Waals surface area contributed by atoms with Crippen LogP contribution in [0, 0.1) is 11.8 Å². The van der Waals surface area contributed by atoms with Gasteiger partial charge in [-0.1, -0.05) is 27.7 Å². The standard InChI is InChI=1S/C10H20O3/c1-7(2)10(8(3)4)13-9(11)6-12-5/h7-8,10H,6H2,1-5H3. The van der Waals surface area contributed by atoms with Gasteiger partial charge in [-0.05, 0) is 11.8 Å². The highest BCUT2D eigenvalue weighted by Gasteiger charge is 2.21. The van der Waals surface area contributed by atoms with E-state index in [0.29, 0.717) is 11.8 Å². The van der Waals surface area contributed by atoms with E-state index >= 15 is 0 Å². The number of carbonyl (C=O) groups excluding carboxylic acids is 1. The third-order valence-electron chi connectivity index (χ3n) is 1.84. The summed E-state index contributed by atoms with van der Waals surface area (Å²) >= 11 is 0. The molecule has 0 aromatic rings. The van der Waals surface area contributed by atoms with Gasteiger partial charge >= 0.3 is 5.97 Å². The average Bonchev–Trinajstić information content (AvgIpc) is 1.99. The fraction of sp³-hybridized carbons (Fsp3) is 0.900. The molecule has 0 fully saturated rings. The molecule has 0 aliphatic carbocycles. The number of hydrogen-bond acceptors (Lipinski definition) is 3. The van der Waals surface area contributed by atoms with Gasteiger partial charge in [0.2, 0.25) is 0 Å². The predicted octanol–water partition coefficient (Wildman–Crippen LogP) is 1.86. The number of hydrogen-bond donors (Lipinski definition) is 0. The summed E-state index contributed by atoms with van der Waals surface area (Å²) in [4.78, 5) is 11.1. The fourth-order valence-corrected chi connectivity index (χ4v) is 1.35. The van der Waals surface area contributed by atoms with Gasteiger partial charge in [-0.15, -0.1) is 0 Å². The van der Waals surface area contributed by atoms with Crippen molar-refractivity contribution < 1.29 is 14.3 Å². The lowest BCUT2D eigenvalue weighted by atomic mass is 9.96. The van der Waals surface area contributed by atoms with E-state index in [-0.39, 0.29) is 18.7 Å². The van der Waals surface area contributed by atoms with Crippen LogP contribution in [0.3, 0.4) is 0 Å². The highest BCUT2D eigenvalue weighted by atomic mass is 16.6. The lowest BCUT2D eigenvalue weighted by Crippen LogP contribution is -2.30. The molecule has 0 aliphatic heterocycles. The van der Waals surface area contributed by atoms with Gasteiger partial charge in [-0.3, -0.25) is 0 Å². The Labute approximate surface area is 80.4 Å². The van der Waals surface area contributed by atoms with Crippen LogP contribution in [0.2, 0.25) is 0 Å². The summed E-state index contributed by atoms with van der Waals surface area (Å²) in [7, 11) is 1.49. The molecule has 0 aliphatic rings. The maximum absolute atomic E-state index is 11.1. The Kier molecular flexibility index (Phi) is 5.71. The van der Waals surface area contributed by atoms with Crippen LogP contribution in [0.5, 0.6) is 0 Å². The quantitative estimate of drug-likeness (QED) is 0.618. The van der Waals surface area contributed by atoms with Gasteiger partial charge in [0.15, 0.2) is 0 Å². The number of rotatable bonds is 5. The average molecular weight is 188 g/mol. The molecule has 13 heavy (non-hydrogen) atoms. The minimum atomic E-state index is -0.283. The topological polar surface area (TPSA) is 35.5 Å². The molecule has 0 aromatic carbocycles. The first kappa shape index (κ1) is 12.4. The number of esters is 1. The van der Waals surface area contributed by atoms with Crippen molar-refractivity contribution in [2.75, 3.05) is 13.7 Å². The largest absolute Gasteiger partial charge is 0.460 e. The van der Waals surface area contributed by atoms with Crippen molar-refractivity contribution in [3.8, 4) is 0 Å². The molecule has 0 amide bonds. The fourth-order valence-electron chi connectivity index (χ4n) is 1.35. The second-order valence-electron chi connectivity index (χ2n) is 3.88. The second kappa shape index (κ2) is 5.97. The molecule has 0 rings (SSSR count). The molecule has 0 heterocycles. The Morgan fingerprint density at radius 1 is 1.15 bits per heavy atom. The summed E-state index contributed by atoms with van der Waals surface area (Å²) in [6.45, 7) is 8.22. The molecule has 0 bridgehead atoms. The first-order valence-electron chi connectivity index (χ1n) is 4.67. The van der Waals surface area contributed by atoms with Gasteiger partial charge in [0.05, 0.1) is 0 Å². The molecule has 0 saturated carbocycles. The highest BCUT2D eigenvalue weighted by Crippen LogP contribution is 2.16. The molecule has 3 heteroatoms. The molecular weight excluding hydrogens is 168 g/mol. The van der Waals surface area contributed by atoms with Crippen LogP contribution in [0.15, 0.2) is 0 Å². The zero-order valence-corrected chi connectivity index (χ0v) is 9.16. The predicted molar refractivity (Wildman–Crippen MR) is 51.4 cm³/mol. The smallest absolute Gasteiger partial charge is 0.332 e. The first-order valence-corrected chi connectivity index (χ1v) is 4.67. The van der Waals surface area contributed by atoms with Gasteiger partial charge in [-0.25, -0.2) is 4.79 Å². The van der Waals surface area contributed by atoms with Gasteiger partial charge < -0.3 is 9.47 Å². The van der Waals surface area contributed by atoms with Crippen molar-refractivity contribution in [1.82, 2.24) is 0 Å². The van der Waals surface area contributed by atoms with E-state index in [2.05, 4.69) is 4.74 Å². The molecule has 0 N–H and O–H groups in total. The van der Waals surface area contributed by atoms with E-state index in [1.54, 1.807) is 0 Å². The number of methoxy groups -OCH3 is 1. The Balaban J connectivity index is 4.02. The summed E-state index contributed by atoms with van der Waals surface area (Å²) < 4.78 is 9.94. The normalized spacial score (nSPS) is 11.4. The van der Waals surface area contributed by atoms with Crippen LogP contribution >= 0.6 is 0 Å². The van der Waals surface area contributed by atoms with Gasteiger partial charge in [0, 0.05) is 7.11 Å². The van der Waals surface area contributed by atoms with Gasteiger partial charge in [0.25, 0.3) is 0 Å². The van der Waals surface area contributed by atoms with Crippen molar-refractivity contribution in [3.63, 3.8) is 0 Å². The monoisotopic (exact) mass is 188 g/mol. The molecule has 0 saturated heterocycles. The van der Waals surface area contributed by atoms with Crippen LogP contribution in [0.25, 0.3) is 0 Å². The Hall–Kier alpha value is -0.570. The van der Waals surface area contributed by atoms with Crippen LogP contribution < -0.4 is 0 Å². The Morgan fingerprint density at radius 2 is 1.62 bits per heavy atom. The SMILES string of the molecule is COCC(=O)OC(C(C)C)C(C)C. The first-order chi connectivity index (χ1) is 5.99. The third-order valence-corrected chi connectivity index (χ3v) is 1.84. The zero-order valence-electron chi connectivity index (χ0n) is 9.16. The molecule has 78 valence electrons. The minimum Gasteiger partial charge on any atom is -0.460 e. The van der Waals surface area contributed by atoms with Crippen LogP contribution in [0.1, 0.15) is 27.7 Å². The van der Waals surface area contributed by atoms with E-state index < -0.39 is 0 Å². The summed E-state index contributed by atoms with van der Waals surface area (Å²) in [6, 6.07) is 0. The van der Waals surface area contributed by atoms with Crippen molar-refractivity contribution in [1.29, 1.82) is 0 Å². The summed E-state index contributed by atoms with van der Waals surface area (Å²) in [5.41, 5.74) is 0. The van der Waals surface area contributed by atoms with Crippen molar-refractivity contribution in [3.05, 3.63) is 0 Å². The third kappa shape index (κ3) is 4.88. The summed E-state index contributed by atoms with van der Waals surface area (Å²) in [5.74, 6) is 0.413. The molecule has 3 nitrogen and oxygen atoms in total. The van der Waals surface area contributed by atoms with E-state index in [4.69, 9.17) is 4.74 Å². The zero-order chi connectivity index (χ0) is 10.4. The van der Waals surface area contributed by atoms with Crippen LogP contribution in [0.4, 0.5) is 0 Å². The van der Waals surface area contributed by atoms with Crippen molar-refractivity contribution in [2.24, 2.45) is 11.8 Å². The van der Waals surface area contributed by atoms with Gasteiger partial charge in [0.1, 0.15) is 12.7 Å². The second-order valence-corrected chi connectivity index (χ2v) is 3.88. The van der Waals surface area contributed by atoms with Crippen molar-refractivity contribution in [2.45, 2.75) is 33.8 Å².